The van der Waals surface area contributed by atoms with E-state index in [1.54, 1.807) is 35.5 Å². The molecule has 0 spiro atoms. The predicted octanol–water partition coefficient (Wildman–Crippen LogP) is 1.46. The minimum atomic E-state index is -0.114. The first-order valence-electron chi connectivity index (χ1n) is 8.58. The maximum absolute atomic E-state index is 12.8. The molecule has 1 saturated heterocycles. The summed E-state index contributed by atoms with van der Waals surface area (Å²) in [5, 5.41) is 7.27. The second kappa shape index (κ2) is 7.30. The van der Waals surface area contributed by atoms with Crippen molar-refractivity contribution in [2.24, 2.45) is 0 Å². The lowest BCUT2D eigenvalue weighted by Crippen LogP contribution is -2.48. The SMILES string of the molecule is O=C(N[C@@H]1CCCN(c2ncccn2)C1)c1ccccc1-n1cncn1. The summed E-state index contributed by atoms with van der Waals surface area (Å²) in [6, 6.07) is 9.22. The van der Waals surface area contributed by atoms with Crippen LogP contribution >= 0.6 is 0 Å². The molecule has 8 nitrogen and oxygen atoms in total. The van der Waals surface area contributed by atoms with Crippen LogP contribution in [0.4, 0.5) is 5.95 Å². The van der Waals surface area contributed by atoms with Gasteiger partial charge in [0.25, 0.3) is 5.91 Å². The van der Waals surface area contributed by atoms with Crippen molar-refractivity contribution in [3.8, 4) is 5.69 Å². The van der Waals surface area contributed by atoms with Gasteiger partial charge >= 0.3 is 0 Å². The van der Waals surface area contributed by atoms with E-state index < -0.39 is 0 Å². The molecule has 1 atom stereocenters. The third kappa shape index (κ3) is 3.39. The Morgan fingerprint density at radius 2 is 2.00 bits per heavy atom. The summed E-state index contributed by atoms with van der Waals surface area (Å²) in [6.45, 7) is 1.59. The molecule has 8 heteroatoms. The van der Waals surface area contributed by atoms with Gasteiger partial charge in [-0.2, -0.15) is 5.10 Å². The van der Waals surface area contributed by atoms with Gasteiger partial charge in [-0.1, -0.05) is 12.1 Å². The Balaban J connectivity index is 1.49. The van der Waals surface area contributed by atoms with Gasteiger partial charge in [0.2, 0.25) is 5.95 Å². The number of rotatable bonds is 4. The van der Waals surface area contributed by atoms with Gasteiger partial charge in [0.1, 0.15) is 12.7 Å². The van der Waals surface area contributed by atoms with Crippen molar-refractivity contribution in [1.82, 2.24) is 30.0 Å². The van der Waals surface area contributed by atoms with Gasteiger partial charge in [-0.15, -0.1) is 0 Å². The molecule has 1 fully saturated rings. The molecular weight excluding hydrogens is 330 g/mol. The third-order valence-electron chi connectivity index (χ3n) is 4.41. The van der Waals surface area contributed by atoms with Crippen molar-refractivity contribution in [3.63, 3.8) is 0 Å². The van der Waals surface area contributed by atoms with Crippen molar-refractivity contribution in [2.75, 3.05) is 18.0 Å². The molecule has 0 radical (unpaired) electrons. The highest BCUT2D eigenvalue weighted by Crippen LogP contribution is 2.17. The summed E-state index contributed by atoms with van der Waals surface area (Å²) in [5.41, 5.74) is 1.28. The summed E-state index contributed by atoms with van der Waals surface area (Å²) in [6.07, 6.45) is 8.42. The van der Waals surface area contributed by atoms with E-state index in [0.29, 0.717) is 23.7 Å². The zero-order valence-electron chi connectivity index (χ0n) is 14.2. The zero-order valence-corrected chi connectivity index (χ0v) is 14.2. The molecule has 1 aliphatic rings. The number of piperidine rings is 1. The average Bonchev–Trinajstić information content (AvgIpc) is 3.23. The maximum Gasteiger partial charge on any atom is 0.253 e. The van der Waals surface area contributed by atoms with Gasteiger partial charge in [0, 0.05) is 31.5 Å². The van der Waals surface area contributed by atoms with Gasteiger partial charge in [0.05, 0.1) is 11.3 Å². The topological polar surface area (TPSA) is 88.8 Å². The predicted molar refractivity (Wildman–Crippen MR) is 96.1 cm³/mol. The maximum atomic E-state index is 12.8. The fraction of sp³-hybridized carbons (Fsp3) is 0.278. The number of nitrogens with zero attached hydrogens (tertiary/aromatic N) is 6. The summed E-state index contributed by atoms with van der Waals surface area (Å²) >= 11 is 0. The molecule has 4 rings (SSSR count). The molecule has 132 valence electrons. The minimum absolute atomic E-state index is 0.0452. The van der Waals surface area contributed by atoms with Crippen LogP contribution in [0.1, 0.15) is 23.2 Å². The minimum Gasteiger partial charge on any atom is -0.347 e. The largest absolute Gasteiger partial charge is 0.347 e. The van der Waals surface area contributed by atoms with Gasteiger partial charge in [-0.3, -0.25) is 4.79 Å². The molecule has 0 bridgehead atoms. The van der Waals surface area contributed by atoms with Crippen LogP contribution in [0.5, 0.6) is 0 Å². The van der Waals surface area contributed by atoms with Gasteiger partial charge in [-0.05, 0) is 31.0 Å². The molecular formula is C18H19N7O. The van der Waals surface area contributed by atoms with E-state index in [4.69, 9.17) is 0 Å². The smallest absolute Gasteiger partial charge is 0.253 e. The fourth-order valence-electron chi connectivity index (χ4n) is 3.19. The van der Waals surface area contributed by atoms with Crippen LogP contribution < -0.4 is 10.2 Å². The fourth-order valence-corrected chi connectivity index (χ4v) is 3.19. The first kappa shape index (κ1) is 16.2. The third-order valence-corrected chi connectivity index (χ3v) is 4.41. The Kier molecular flexibility index (Phi) is 4.55. The van der Waals surface area contributed by atoms with Crippen LogP contribution in [-0.4, -0.2) is 49.8 Å². The lowest BCUT2D eigenvalue weighted by atomic mass is 10.0. The van der Waals surface area contributed by atoms with Crippen LogP contribution in [0, 0.1) is 0 Å². The second-order valence-electron chi connectivity index (χ2n) is 6.16. The number of benzene rings is 1. The number of hydrogen-bond acceptors (Lipinski definition) is 6. The van der Waals surface area contributed by atoms with Crippen molar-refractivity contribution in [1.29, 1.82) is 0 Å². The molecule has 3 aromatic rings. The molecule has 1 N–H and O–H groups in total. The number of aromatic nitrogens is 5. The highest BCUT2D eigenvalue weighted by atomic mass is 16.1. The van der Waals surface area contributed by atoms with Crippen LogP contribution in [0.15, 0.2) is 55.4 Å². The van der Waals surface area contributed by atoms with Gasteiger partial charge < -0.3 is 10.2 Å². The van der Waals surface area contributed by atoms with Gasteiger partial charge in [-0.25, -0.2) is 19.6 Å². The molecule has 0 unspecified atom stereocenters. The molecule has 26 heavy (non-hydrogen) atoms. The number of para-hydroxylation sites is 1. The van der Waals surface area contributed by atoms with E-state index in [1.807, 2.05) is 18.2 Å². The Bertz CT molecular complexity index is 866. The second-order valence-corrected chi connectivity index (χ2v) is 6.16. The molecule has 1 aromatic carbocycles. The van der Waals surface area contributed by atoms with Crippen LogP contribution in [0.3, 0.4) is 0 Å². The van der Waals surface area contributed by atoms with E-state index in [2.05, 4.69) is 30.3 Å². The van der Waals surface area contributed by atoms with Crippen molar-refractivity contribution in [3.05, 3.63) is 60.9 Å². The Hall–Kier alpha value is -3.29. The van der Waals surface area contributed by atoms with Crippen LogP contribution in [-0.2, 0) is 0 Å². The number of amides is 1. The van der Waals surface area contributed by atoms with Crippen molar-refractivity contribution >= 4 is 11.9 Å². The summed E-state index contributed by atoms with van der Waals surface area (Å²) < 4.78 is 1.60. The van der Waals surface area contributed by atoms with Crippen LogP contribution in [0.2, 0.25) is 0 Å². The van der Waals surface area contributed by atoms with Gasteiger partial charge in [0.15, 0.2) is 0 Å². The first-order valence-corrected chi connectivity index (χ1v) is 8.58. The first-order chi connectivity index (χ1) is 12.8. The highest BCUT2D eigenvalue weighted by Gasteiger charge is 2.24. The number of carbonyl (C=O) groups excluding carboxylic acids is 1. The van der Waals surface area contributed by atoms with E-state index in [1.165, 1.54) is 6.33 Å². The summed E-state index contributed by atoms with van der Waals surface area (Å²) in [5.74, 6) is 0.589. The number of hydrogen-bond donors (Lipinski definition) is 1. The van der Waals surface area contributed by atoms with E-state index in [0.717, 1.165) is 19.4 Å². The lowest BCUT2D eigenvalue weighted by molar-refractivity contribution is 0.0933. The Labute approximate surface area is 150 Å². The van der Waals surface area contributed by atoms with Crippen molar-refractivity contribution in [2.45, 2.75) is 18.9 Å². The monoisotopic (exact) mass is 349 g/mol. The summed E-state index contributed by atoms with van der Waals surface area (Å²) in [7, 11) is 0. The average molecular weight is 349 g/mol. The molecule has 3 heterocycles. The number of nitrogens with one attached hydrogen (secondary N) is 1. The summed E-state index contributed by atoms with van der Waals surface area (Å²) in [4.78, 5) is 27.5. The van der Waals surface area contributed by atoms with E-state index in [9.17, 15) is 4.79 Å². The molecule has 1 amide bonds. The van der Waals surface area contributed by atoms with E-state index >= 15 is 0 Å². The molecule has 1 aliphatic heterocycles. The lowest BCUT2D eigenvalue weighted by Gasteiger charge is -2.33. The normalized spacial score (nSPS) is 17.1. The molecule has 2 aromatic heterocycles. The standard InChI is InChI=1S/C18H19N7O/c26-17(15-6-1-2-7-16(15)25-13-19-12-22-25)23-14-5-3-10-24(11-14)18-20-8-4-9-21-18/h1-2,4,6-9,12-14H,3,5,10-11H2,(H,23,26)/t14-/m1/s1. The van der Waals surface area contributed by atoms with Crippen LogP contribution in [0.25, 0.3) is 5.69 Å². The van der Waals surface area contributed by atoms with Crippen molar-refractivity contribution < 1.29 is 4.79 Å². The highest BCUT2D eigenvalue weighted by molar-refractivity contribution is 5.97. The molecule has 0 saturated carbocycles. The quantitative estimate of drug-likeness (QED) is 0.767. The molecule has 0 aliphatic carbocycles. The zero-order chi connectivity index (χ0) is 17.8. The Morgan fingerprint density at radius 3 is 2.81 bits per heavy atom. The van der Waals surface area contributed by atoms with E-state index in [-0.39, 0.29) is 11.9 Å². The number of carbonyl (C=O) groups is 1. The Morgan fingerprint density at radius 1 is 1.15 bits per heavy atom. The number of anilines is 1.